The van der Waals surface area contributed by atoms with E-state index in [9.17, 15) is 5.11 Å². The zero-order chi connectivity index (χ0) is 13.6. The Hall–Kier alpha value is -0.930. The van der Waals surface area contributed by atoms with Crippen LogP contribution in [0.5, 0.6) is 11.5 Å². The molecule has 4 heteroatoms. The topological polar surface area (TPSA) is 38.7 Å². The van der Waals surface area contributed by atoms with E-state index in [1.54, 1.807) is 0 Å². The molecule has 1 aromatic carbocycles. The predicted octanol–water partition coefficient (Wildman–Crippen LogP) is 3.30. The molecule has 1 fully saturated rings. The van der Waals surface area contributed by atoms with Crippen LogP contribution in [0.15, 0.2) is 6.07 Å². The monoisotopic (exact) mass is 282 g/mol. The van der Waals surface area contributed by atoms with Crippen LogP contribution in [0, 0.1) is 0 Å². The van der Waals surface area contributed by atoms with Crippen molar-refractivity contribution in [3.05, 3.63) is 22.2 Å². The summed E-state index contributed by atoms with van der Waals surface area (Å²) in [6, 6.07) is 1.82. The fraction of sp³-hybridized carbons (Fsp3) is 0.600. The first-order valence-corrected chi connectivity index (χ1v) is 7.21. The van der Waals surface area contributed by atoms with E-state index >= 15 is 0 Å². The summed E-state index contributed by atoms with van der Waals surface area (Å²) in [6.07, 6.45) is 2.32. The molecule has 0 amide bonds. The third-order valence-corrected chi connectivity index (χ3v) is 4.17. The van der Waals surface area contributed by atoms with Crippen LogP contribution in [0.2, 0.25) is 5.02 Å². The highest BCUT2D eigenvalue weighted by Crippen LogP contribution is 2.47. The minimum absolute atomic E-state index is 0.284. The maximum atomic E-state index is 10.2. The fourth-order valence-electron chi connectivity index (χ4n) is 2.66. The zero-order valence-corrected chi connectivity index (χ0v) is 12.1. The average Bonchev–Trinajstić information content (AvgIpc) is 3.07. The van der Waals surface area contributed by atoms with Gasteiger partial charge in [0, 0.05) is 23.1 Å². The highest BCUT2D eigenvalue weighted by molar-refractivity contribution is 6.31. The standard InChI is InChI=1S/C15H19ClO3/c1-9(2)13-10(8-15(17)3-4-15)11(16)7-12-14(13)19-6-5-18-12/h7,9,17H,3-6,8H2,1-2H3. The molecule has 1 aromatic rings. The van der Waals surface area contributed by atoms with Gasteiger partial charge in [-0.25, -0.2) is 0 Å². The van der Waals surface area contributed by atoms with E-state index in [1.165, 1.54) is 0 Å². The second-order valence-corrected chi connectivity index (χ2v) is 6.24. The van der Waals surface area contributed by atoms with E-state index in [2.05, 4.69) is 13.8 Å². The molecule has 0 spiro atoms. The summed E-state index contributed by atoms with van der Waals surface area (Å²) in [6.45, 7) is 5.36. The summed E-state index contributed by atoms with van der Waals surface area (Å²) >= 11 is 6.40. The molecule has 3 rings (SSSR count). The Balaban J connectivity index is 2.10. The molecule has 1 saturated carbocycles. The second-order valence-electron chi connectivity index (χ2n) is 5.83. The number of ether oxygens (including phenoxy) is 2. The minimum Gasteiger partial charge on any atom is -0.486 e. The van der Waals surface area contributed by atoms with Crippen molar-refractivity contribution in [3.8, 4) is 11.5 Å². The Bertz CT molecular complexity index is 507. The maximum absolute atomic E-state index is 10.2. The van der Waals surface area contributed by atoms with Gasteiger partial charge in [-0.2, -0.15) is 0 Å². The van der Waals surface area contributed by atoms with Crippen molar-refractivity contribution >= 4 is 11.6 Å². The molecule has 1 aliphatic carbocycles. The van der Waals surface area contributed by atoms with Crippen LogP contribution in [0.3, 0.4) is 0 Å². The van der Waals surface area contributed by atoms with Crippen LogP contribution in [0.4, 0.5) is 0 Å². The third kappa shape index (κ3) is 2.41. The van der Waals surface area contributed by atoms with E-state index in [0.29, 0.717) is 24.7 Å². The minimum atomic E-state index is -0.558. The van der Waals surface area contributed by atoms with Gasteiger partial charge in [-0.3, -0.25) is 0 Å². The summed E-state index contributed by atoms with van der Waals surface area (Å²) in [5, 5.41) is 10.9. The molecule has 1 heterocycles. The molecule has 1 aliphatic heterocycles. The molecule has 19 heavy (non-hydrogen) atoms. The Morgan fingerprint density at radius 3 is 2.63 bits per heavy atom. The lowest BCUT2D eigenvalue weighted by molar-refractivity contribution is 0.149. The molecule has 0 bridgehead atoms. The molecule has 0 atom stereocenters. The SMILES string of the molecule is CC(C)c1c(CC2(O)CC2)c(Cl)cc2c1OCCO2. The summed E-state index contributed by atoms with van der Waals surface area (Å²) in [5.74, 6) is 1.82. The quantitative estimate of drug-likeness (QED) is 0.924. The Labute approximate surface area is 118 Å². The fourth-order valence-corrected chi connectivity index (χ4v) is 2.93. The largest absolute Gasteiger partial charge is 0.486 e. The Kier molecular flexibility index (Phi) is 3.14. The van der Waals surface area contributed by atoms with Gasteiger partial charge in [0.05, 0.1) is 5.60 Å². The number of benzene rings is 1. The molecule has 3 nitrogen and oxygen atoms in total. The number of aliphatic hydroxyl groups is 1. The van der Waals surface area contributed by atoms with E-state index in [-0.39, 0.29) is 5.92 Å². The molecule has 2 aliphatic rings. The van der Waals surface area contributed by atoms with Crippen molar-refractivity contribution < 1.29 is 14.6 Å². The van der Waals surface area contributed by atoms with E-state index < -0.39 is 5.60 Å². The lowest BCUT2D eigenvalue weighted by Gasteiger charge is -2.26. The maximum Gasteiger partial charge on any atom is 0.165 e. The van der Waals surface area contributed by atoms with Crippen molar-refractivity contribution in [2.45, 2.75) is 44.6 Å². The normalized spacial score (nSPS) is 19.6. The third-order valence-electron chi connectivity index (χ3n) is 3.84. The summed E-state index contributed by atoms with van der Waals surface area (Å²) in [4.78, 5) is 0. The molecule has 1 N–H and O–H groups in total. The van der Waals surface area contributed by atoms with Crippen LogP contribution in [0.25, 0.3) is 0 Å². The predicted molar refractivity (Wildman–Crippen MR) is 74.4 cm³/mol. The highest BCUT2D eigenvalue weighted by Gasteiger charge is 2.42. The van der Waals surface area contributed by atoms with E-state index in [1.807, 2.05) is 6.07 Å². The van der Waals surface area contributed by atoms with Gasteiger partial charge in [-0.05, 0) is 24.3 Å². The van der Waals surface area contributed by atoms with Gasteiger partial charge in [0.1, 0.15) is 13.2 Å². The Morgan fingerprint density at radius 1 is 1.32 bits per heavy atom. The van der Waals surface area contributed by atoms with Gasteiger partial charge in [0.15, 0.2) is 11.5 Å². The number of rotatable bonds is 3. The molecule has 104 valence electrons. The first-order chi connectivity index (χ1) is 9.00. The molecular weight excluding hydrogens is 264 g/mol. The van der Waals surface area contributed by atoms with Gasteiger partial charge in [-0.1, -0.05) is 25.4 Å². The van der Waals surface area contributed by atoms with Gasteiger partial charge in [-0.15, -0.1) is 0 Å². The zero-order valence-electron chi connectivity index (χ0n) is 11.3. The second kappa shape index (κ2) is 4.57. The van der Waals surface area contributed by atoms with Crippen LogP contribution in [-0.4, -0.2) is 23.9 Å². The molecule has 0 radical (unpaired) electrons. The van der Waals surface area contributed by atoms with Crippen LogP contribution < -0.4 is 9.47 Å². The average molecular weight is 283 g/mol. The van der Waals surface area contributed by atoms with Crippen molar-refractivity contribution in [3.63, 3.8) is 0 Å². The molecular formula is C15H19ClO3. The van der Waals surface area contributed by atoms with Crippen LogP contribution in [-0.2, 0) is 6.42 Å². The highest BCUT2D eigenvalue weighted by atomic mass is 35.5. The number of fused-ring (bicyclic) bond motifs is 1. The number of hydrogen-bond acceptors (Lipinski definition) is 3. The summed E-state index contributed by atoms with van der Waals surface area (Å²) in [7, 11) is 0. The molecule has 0 unspecified atom stereocenters. The van der Waals surface area contributed by atoms with Gasteiger partial charge >= 0.3 is 0 Å². The lowest BCUT2D eigenvalue weighted by Crippen LogP contribution is -2.20. The summed E-state index contributed by atoms with van der Waals surface area (Å²) in [5.41, 5.74) is 1.54. The van der Waals surface area contributed by atoms with Crippen LogP contribution in [0.1, 0.15) is 43.7 Å². The molecule has 0 aromatic heterocycles. The first kappa shape index (κ1) is 13.1. The van der Waals surface area contributed by atoms with Gasteiger partial charge in [0.25, 0.3) is 0 Å². The number of hydrogen-bond donors (Lipinski definition) is 1. The smallest absolute Gasteiger partial charge is 0.165 e. The summed E-state index contributed by atoms with van der Waals surface area (Å²) < 4.78 is 11.4. The molecule has 0 saturated heterocycles. The van der Waals surface area contributed by atoms with Crippen molar-refractivity contribution in [1.82, 2.24) is 0 Å². The van der Waals surface area contributed by atoms with Crippen molar-refractivity contribution in [2.75, 3.05) is 13.2 Å². The van der Waals surface area contributed by atoms with Gasteiger partial charge in [0.2, 0.25) is 0 Å². The Morgan fingerprint density at radius 2 is 2.00 bits per heavy atom. The number of halogens is 1. The van der Waals surface area contributed by atoms with Crippen LogP contribution >= 0.6 is 11.6 Å². The van der Waals surface area contributed by atoms with Crippen molar-refractivity contribution in [1.29, 1.82) is 0 Å². The van der Waals surface area contributed by atoms with E-state index in [0.717, 1.165) is 35.5 Å². The first-order valence-electron chi connectivity index (χ1n) is 6.83. The van der Waals surface area contributed by atoms with Gasteiger partial charge < -0.3 is 14.6 Å². The van der Waals surface area contributed by atoms with E-state index in [4.69, 9.17) is 21.1 Å². The van der Waals surface area contributed by atoms with Crippen molar-refractivity contribution in [2.24, 2.45) is 0 Å². The lowest BCUT2D eigenvalue weighted by atomic mass is 9.91.